The van der Waals surface area contributed by atoms with Crippen LogP contribution in [0.4, 0.5) is 5.82 Å². The highest BCUT2D eigenvalue weighted by atomic mass is 35.5. The first kappa shape index (κ1) is 27.2. The molecular weight excluding hydrogens is 469 g/mol. The second-order valence-corrected chi connectivity index (χ2v) is 10.3. The molecule has 2 saturated heterocycles. The van der Waals surface area contributed by atoms with Gasteiger partial charge in [0.25, 0.3) is 0 Å². The van der Waals surface area contributed by atoms with Gasteiger partial charge in [0.15, 0.2) is 11.4 Å². The van der Waals surface area contributed by atoms with Crippen LogP contribution in [0.25, 0.3) is 11.0 Å². The van der Waals surface area contributed by atoms with E-state index in [0.717, 1.165) is 62.4 Å². The predicted octanol–water partition coefficient (Wildman–Crippen LogP) is 5.81. The van der Waals surface area contributed by atoms with Crippen LogP contribution < -0.4 is 10.2 Å². The molecule has 1 saturated carbocycles. The maximum absolute atomic E-state index is 13.3. The van der Waals surface area contributed by atoms with Gasteiger partial charge in [-0.3, -0.25) is 4.79 Å². The molecule has 3 fully saturated rings. The molecule has 0 aromatic carbocycles. The molecule has 5 rings (SSSR count). The van der Waals surface area contributed by atoms with Gasteiger partial charge in [-0.2, -0.15) is 5.10 Å². The largest absolute Gasteiger partial charge is 0.357 e. The Kier molecular flexibility index (Phi) is 10.5. The summed E-state index contributed by atoms with van der Waals surface area (Å²) in [6.45, 7) is 5.10. The lowest BCUT2D eigenvalue weighted by atomic mass is 9.89. The quantitative estimate of drug-likeness (QED) is 0.497. The van der Waals surface area contributed by atoms with Gasteiger partial charge in [0.05, 0.1) is 5.39 Å². The normalized spacial score (nSPS) is 20.4. The van der Waals surface area contributed by atoms with Crippen LogP contribution >= 0.6 is 24.8 Å². The summed E-state index contributed by atoms with van der Waals surface area (Å²) in [7, 11) is 0. The van der Waals surface area contributed by atoms with Crippen molar-refractivity contribution in [2.24, 2.45) is 11.8 Å². The zero-order valence-electron chi connectivity index (χ0n) is 20.3. The van der Waals surface area contributed by atoms with E-state index in [2.05, 4.69) is 27.0 Å². The molecule has 0 bridgehead atoms. The van der Waals surface area contributed by atoms with Crippen molar-refractivity contribution in [1.82, 2.24) is 20.1 Å². The number of piperidine rings is 1. The molecular formula is C26H41Cl2N5O. The Labute approximate surface area is 216 Å². The first-order valence-corrected chi connectivity index (χ1v) is 13.1. The molecule has 4 heterocycles. The molecule has 3 aliphatic rings. The van der Waals surface area contributed by atoms with E-state index in [1.165, 1.54) is 57.8 Å². The molecule has 0 atom stereocenters. The molecule has 190 valence electrons. The highest BCUT2D eigenvalue weighted by Crippen LogP contribution is 2.29. The van der Waals surface area contributed by atoms with Gasteiger partial charge < -0.3 is 10.2 Å². The second kappa shape index (κ2) is 13.1. The van der Waals surface area contributed by atoms with E-state index < -0.39 is 0 Å². The molecule has 2 aromatic heterocycles. The number of hydrogen-bond acceptors (Lipinski definition) is 5. The third kappa shape index (κ3) is 6.44. The molecule has 0 unspecified atom stereocenters. The number of rotatable bonds is 6. The minimum absolute atomic E-state index is 0. The number of Topliss-reactive ketones (excluding diaryl/α,β-unsaturated/α-hetero) is 1. The van der Waals surface area contributed by atoms with Gasteiger partial charge in [-0.25, -0.2) is 9.67 Å². The second-order valence-electron chi connectivity index (χ2n) is 10.3. The molecule has 2 aliphatic heterocycles. The van der Waals surface area contributed by atoms with Crippen LogP contribution in [0.1, 0.15) is 87.5 Å². The van der Waals surface area contributed by atoms with Crippen LogP contribution in [0.2, 0.25) is 0 Å². The number of nitrogens with one attached hydrogen (secondary N) is 1. The summed E-state index contributed by atoms with van der Waals surface area (Å²) in [6.07, 6.45) is 14.4. The summed E-state index contributed by atoms with van der Waals surface area (Å²) >= 11 is 0. The lowest BCUT2D eigenvalue weighted by molar-refractivity contribution is 0.0948. The van der Waals surface area contributed by atoms with Crippen molar-refractivity contribution in [3.8, 4) is 0 Å². The number of anilines is 1. The fourth-order valence-electron chi connectivity index (χ4n) is 5.91. The number of nitrogens with zero attached hydrogens (tertiary/aromatic N) is 4. The summed E-state index contributed by atoms with van der Waals surface area (Å²) in [4.78, 5) is 20.9. The highest BCUT2D eigenvalue weighted by molar-refractivity contribution is 6.05. The average molecular weight is 511 g/mol. The maximum atomic E-state index is 13.3. The average Bonchev–Trinajstić information content (AvgIpc) is 2.99. The van der Waals surface area contributed by atoms with Crippen LogP contribution in [0, 0.1) is 11.8 Å². The lowest BCUT2D eigenvalue weighted by Crippen LogP contribution is -2.29. The van der Waals surface area contributed by atoms with E-state index in [1.807, 2.05) is 0 Å². The minimum atomic E-state index is 0. The Morgan fingerprint density at radius 1 is 0.882 bits per heavy atom. The molecule has 0 amide bonds. The molecule has 34 heavy (non-hydrogen) atoms. The summed E-state index contributed by atoms with van der Waals surface area (Å²) in [6, 6.07) is 4.25. The van der Waals surface area contributed by atoms with Crippen LogP contribution in [-0.2, 0) is 6.54 Å². The van der Waals surface area contributed by atoms with Crippen molar-refractivity contribution in [3.63, 3.8) is 0 Å². The van der Waals surface area contributed by atoms with Crippen LogP contribution in [0.15, 0.2) is 12.1 Å². The summed E-state index contributed by atoms with van der Waals surface area (Å²) in [5, 5.41) is 9.28. The van der Waals surface area contributed by atoms with Crippen molar-refractivity contribution in [2.75, 3.05) is 31.1 Å². The first-order valence-electron chi connectivity index (χ1n) is 13.1. The Balaban J connectivity index is 0.00000162. The molecule has 6 nitrogen and oxygen atoms in total. The fraction of sp³-hybridized carbons (Fsp3) is 0.731. The smallest absolute Gasteiger partial charge is 0.184 e. The Morgan fingerprint density at radius 3 is 2.26 bits per heavy atom. The van der Waals surface area contributed by atoms with Gasteiger partial charge in [0, 0.05) is 26.1 Å². The molecule has 8 heteroatoms. The van der Waals surface area contributed by atoms with E-state index in [9.17, 15) is 4.79 Å². The molecule has 0 radical (unpaired) electrons. The van der Waals surface area contributed by atoms with Crippen molar-refractivity contribution in [2.45, 2.75) is 83.6 Å². The summed E-state index contributed by atoms with van der Waals surface area (Å²) in [5.74, 6) is 2.39. The molecule has 1 N–H and O–H groups in total. The summed E-state index contributed by atoms with van der Waals surface area (Å²) < 4.78 is 2.09. The van der Waals surface area contributed by atoms with Gasteiger partial charge in [-0.1, -0.05) is 32.1 Å². The monoisotopic (exact) mass is 509 g/mol. The third-order valence-electron chi connectivity index (χ3n) is 7.86. The Hall–Kier alpha value is -1.37. The topological polar surface area (TPSA) is 63.1 Å². The summed E-state index contributed by atoms with van der Waals surface area (Å²) in [5.41, 5.74) is 1.58. The van der Waals surface area contributed by atoms with E-state index >= 15 is 0 Å². The number of hydrogen-bond donors (Lipinski definition) is 1. The first-order chi connectivity index (χ1) is 15.8. The maximum Gasteiger partial charge on any atom is 0.184 e. The van der Waals surface area contributed by atoms with Crippen molar-refractivity contribution < 1.29 is 4.79 Å². The van der Waals surface area contributed by atoms with Crippen molar-refractivity contribution in [1.29, 1.82) is 0 Å². The van der Waals surface area contributed by atoms with Gasteiger partial charge in [-0.05, 0) is 75.6 Å². The van der Waals surface area contributed by atoms with Crippen LogP contribution in [0.3, 0.4) is 0 Å². The Bertz CT molecular complexity index is 913. The number of carbonyl (C=O) groups excluding carboxylic acids is 1. The minimum Gasteiger partial charge on any atom is -0.357 e. The standard InChI is InChI=1S/C26H39N5O.2ClH/c32-23(18-20-12-14-27-15-13-20)25-22-10-11-24(30-16-6-1-2-7-17-30)28-26(22)31(29-25)19-21-8-4-3-5-9-21;;/h10-11,20-21,27H,1-9,12-19H2;2*1H. The zero-order valence-corrected chi connectivity index (χ0v) is 22.0. The van der Waals surface area contributed by atoms with Gasteiger partial charge in [0.2, 0.25) is 0 Å². The van der Waals surface area contributed by atoms with Crippen molar-refractivity contribution in [3.05, 3.63) is 17.8 Å². The predicted molar refractivity (Wildman–Crippen MR) is 144 cm³/mol. The molecule has 2 aromatic rings. The fourth-order valence-corrected chi connectivity index (χ4v) is 5.91. The number of fused-ring (bicyclic) bond motifs is 1. The number of halogens is 2. The Morgan fingerprint density at radius 2 is 1.56 bits per heavy atom. The van der Waals surface area contributed by atoms with Gasteiger partial charge in [0.1, 0.15) is 11.5 Å². The lowest BCUT2D eigenvalue weighted by Gasteiger charge is -2.23. The van der Waals surface area contributed by atoms with Crippen molar-refractivity contribution >= 4 is 47.4 Å². The number of pyridine rings is 1. The third-order valence-corrected chi connectivity index (χ3v) is 7.86. The van der Waals surface area contributed by atoms with Crippen LogP contribution in [-0.4, -0.2) is 46.7 Å². The van der Waals surface area contributed by atoms with E-state index in [-0.39, 0.29) is 30.6 Å². The number of aromatic nitrogens is 3. The van der Waals surface area contributed by atoms with E-state index in [1.54, 1.807) is 0 Å². The van der Waals surface area contributed by atoms with E-state index in [4.69, 9.17) is 10.1 Å². The van der Waals surface area contributed by atoms with Gasteiger partial charge in [-0.15, -0.1) is 24.8 Å². The zero-order chi connectivity index (χ0) is 21.8. The van der Waals surface area contributed by atoms with Crippen LogP contribution in [0.5, 0.6) is 0 Å². The molecule has 1 aliphatic carbocycles. The number of carbonyl (C=O) groups is 1. The highest BCUT2D eigenvalue weighted by Gasteiger charge is 2.25. The van der Waals surface area contributed by atoms with E-state index in [0.29, 0.717) is 24.0 Å². The number of ketones is 1. The molecule has 0 spiro atoms. The van der Waals surface area contributed by atoms with Gasteiger partial charge >= 0.3 is 0 Å². The SMILES string of the molecule is Cl.Cl.O=C(CC1CCNCC1)c1nn(CC2CCCCC2)c2nc(N3CCCCCC3)ccc12.